The standard InChI is InChI=1S/C23H24ClN3O4/c1-23(2)22(30)27(14-20(28)25-17-8-6-16(24)7-9-17)18-13-15(5-10-19(18)31-23)21(29)26-11-3-4-12-26/h5-10,13H,3-4,11-12,14H2,1-2H3,(H,25,28). The molecule has 1 saturated heterocycles. The average Bonchev–Trinajstić information content (AvgIpc) is 3.27. The highest BCUT2D eigenvalue weighted by Crippen LogP contribution is 2.38. The summed E-state index contributed by atoms with van der Waals surface area (Å²) in [5, 5.41) is 3.33. The molecule has 2 heterocycles. The van der Waals surface area contributed by atoms with Gasteiger partial charge in [-0.1, -0.05) is 11.6 Å². The first-order valence-corrected chi connectivity index (χ1v) is 10.6. The van der Waals surface area contributed by atoms with Crippen molar-refractivity contribution in [2.45, 2.75) is 32.3 Å². The number of amides is 3. The number of likely N-dealkylation sites (tertiary alicyclic amines) is 1. The molecule has 0 aromatic heterocycles. The van der Waals surface area contributed by atoms with E-state index in [2.05, 4.69) is 5.32 Å². The summed E-state index contributed by atoms with van der Waals surface area (Å²) in [5.74, 6) is -0.336. The van der Waals surface area contributed by atoms with Gasteiger partial charge in [-0.15, -0.1) is 0 Å². The molecule has 2 aromatic carbocycles. The van der Waals surface area contributed by atoms with Gasteiger partial charge in [-0.3, -0.25) is 19.3 Å². The smallest absolute Gasteiger partial charge is 0.271 e. The van der Waals surface area contributed by atoms with Crippen LogP contribution in [0.2, 0.25) is 5.02 Å². The van der Waals surface area contributed by atoms with Crippen molar-refractivity contribution < 1.29 is 19.1 Å². The third kappa shape index (κ3) is 4.37. The fraction of sp³-hybridized carbons (Fsp3) is 0.348. The largest absolute Gasteiger partial charge is 0.476 e. The Morgan fingerprint density at radius 2 is 1.77 bits per heavy atom. The summed E-state index contributed by atoms with van der Waals surface area (Å²) in [6, 6.07) is 11.8. The van der Waals surface area contributed by atoms with Gasteiger partial charge in [0.05, 0.1) is 5.69 Å². The van der Waals surface area contributed by atoms with Crippen molar-refractivity contribution in [1.29, 1.82) is 0 Å². The van der Waals surface area contributed by atoms with Crippen molar-refractivity contribution in [3.8, 4) is 5.75 Å². The Hall–Kier alpha value is -3.06. The SMILES string of the molecule is CC1(C)Oc2ccc(C(=O)N3CCCC3)cc2N(CC(=O)Nc2ccc(Cl)cc2)C1=O. The van der Waals surface area contributed by atoms with Gasteiger partial charge in [-0.2, -0.15) is 0 Å². The number of halogens is 1. The maximum atomic E-state index is 13.1. The number of fused-ring (bicyclic) bond motifs is 1. The highest BCUT2D eigenvalue weighted by Gasteiger charge is 2.42. The Morgan fingerprint density at radius 1 is 1.10 bits per heavy atom. The molecule has 1 fully saturated rings. The molecule has 0 radical (unpaired) electrons. The molecule has 0 spiro atoms. The summed E-state index contributed by atoms with van der Waals surface area (Å²) in [6.45, 7) is 4.57. The molecule has 1 N–H and O–H groups in total. The molecule has 162 valence electrons. The quantitative estimate of drug-likeness (QED) is 0.784. The van der Waals surface area contributed by atoms with E-state index in [1.54, 1.807) is 61.2 Å². The first-order chi connectivity index (χ1) is 14.7. The summed E-state index contributed by atoms with van der Waals surface area (Å²) < 4.78 is 5.87. The van der Waals surface area contributed by atoms with Crippen LogP contribution >= 0.6 is 11.6 Å². The molecule has 2 aliphatic rings. The van der Waals surface area contributed by atoms with Crippen molar-refractivity contribution >= 4 is 40.7 Å². The molecule has 8 heteroatoms. The van der Waals surface area contributed by atoms with Crippen LogP contribution in [-0.2, 0) is 9.59 Å². The number of anilines is 2. The maximum Gasteiger partial charge on any atom is 0.271 e. The molecular weight excluding hydrogens is 418 g/mol. The van der Waals surface area contributed by atoms with E-state index in [9.17, 15) is 14.4 Å². The van der Waals surface area contributed by atoms with E-state index in [1.165, 1.54) is 4.90 Å². The van der Waals surface area contributed by atoms with Gasteiger partial charge in [-0.05, 0) is 69.2 Å². The molecule has 31 heavy (non-hydrogen) atoms. The zero-order chi connectivity index (χ0) is 22.2. The summed E-state index contributed by atoms with van der Waals surface area (Å²) in [4.78, 5) is 41.8. The molecule has 0 aliphatic carbocycles. The van der Waals surface area contributed by atoms with E-state index in [-0.39, 0.29) is 24.3 Å². The van der Waals surface area contributed by atoms with E-state index in [0.29, 0.717) is 27.7 Å². The van der Waals surface area contributed by atoms with E-state index >= 15 is 0 Å². The molecule has 0 atom stereocenters. The van der Waals surface area contributed by atoms with Gasteiger partial charge in [0.1, 0.15) is 12.3 Å². The van der Waals surface area contributed by atoms with Gasteiger partial charge in [0, 0.05) is 29.4 Å². The third-order valence-corrected chi connectivity index (χ3v) is 5.70. The number of nitrogens with zero attached hydrogens (tertiary/aromatic N) is 2. The number of carbonyl (C=O) groups excluding carboxylic acids is 3. The van der Waals surface area contributed by atoms with E-state index in [1.807, 2.05) is 0 Å². The normalized spacial score (nSPS) is 17.2. The number of benzene rings is 2. The topological polar surface area (TPSA) is 79.0 Å². The number of rotatable bonds is 4. The number of ether oxygens (including phenoxy) is 1. The molecule has 4 rings (SSSR count). The second-order valence-corrected chi connectivity index (χ2v) is 8.68. The molecule has 2 aromatic rings. The predicted molar refractivity (Wildman–Crippen MR) is 119 cm³/mol. The van der Waals surface area contributed by atoms with Crippen LogP contribution in [0.25, 0.3) is 0 Å². The van der Waals surface area contributed by atoms with Crippen LogP contribution in [-0.4, -0.2) is 47.9 Å². The molecular formula is C23H24ClN3O4. The Labute approximate surface area is 185 Å². The van der Waals surface area contributed by atoms with Gasteiger partial charge in [0.15, 0.2) is 5.60 Å². The number of hydrogen-bond acceptors (Lipinski definition) is 4. The first kappa shape index (κ1) is 21.2. The lowest BCUT2D eigenvalue weighted by molar-refractivity contribution is -0.133. The van der Waals surface area contributed by atoms with Crippen molar-refractivity contribution in [2.24, 2.45) is 0 Å². The number of nitrogens with one attached hydrogen (secondary N) is 1. The van der Waals surface area contributed by atoms with E-state index < -0.39 is 5.60 Å². The van der Waals surface area contributed by atoms with E-state index in [4.69, 9.17) is 16.3 Å². The van der Waals surface area contributed by atoms with Crippen LogP contribution in [0.5, 0.6) is 5.75 Å². The van der Waals surface area contributed by atoms with Crippen molar-refractivity contribution in [3.63, 3.8) is 0 Å². The Balaban J connectivity index is 1.61. The zero-order valence-electron chi connectivity index (χ0n) is 17.5. The number of hydrogen-bond donors (Lipinski definition) is 1. The summed E-state index contributed by atoms with van der Waals surface area (Å²) in [7, 11) is 0. The van der Waals surface area contributed by atoms with Gasteiger partial charge in [-0.25, -0.2) is 0 Å². The van der Waals surface area contributed by atoms with Crippen LogP contribution in [0.3, 0.4) is 0 Å². The van der Waals surface area contributed by atoms with Gasteiger partial charge >= 0.3 is 0 Å². The lowest BCUT2D eigenvalue weighted by atomic mass is 10.0. The van der Waals surface area contributed by atoms with E-state index in [0.717, 1.165) is 25.9 Å². The Kier molecular flexibility index (Phi) is 5.62. The van der Waals surface area contributed by atoms with Gasteiger partial charge < -0.3 is 15.0 Å². The van der Waals surface area contributed by atoms with Crippen LogP contribution in [0.1, 0.15) is 37.0 Å². The second-order valence-electron chi connectivity index (χ2n) is 8.24. The molecule has 0 saturated carbocycles. The molecule has 0 bridgehead atoms. The van der Waals surface area contributed by atoms with Gasteiger partial charge in [0.2, 0.25) is 5.91 Å². The average molecular weight is 442 g/mol. The lowest BCUT2D eigenvalue weighted by Crippen LogP contribution is -2.54. The fourth-order valence-corrected chi connectivity index (χ4v) is 3.96. The van der Waals surface area contributed by atoms with Crippen molar-refractivity contribution in [3.05, 3.63) is 53.1 Å². The lowest BCUT2D eigenvalue weighted by Gasteiger charge is -2.38. The third-order valence-electron chi connectivity index (χ3n) is 5.44. The molecule has 7 nitrogen and oxygen atoms in total. The minimum Gasteiger partial charge on any atom is -0.476 e. The van der Waals surface area contributed by atoms with Crippen LogP contribution in [0, 0.1) is 0 Å². The van der Waals surface area contributed by atoms with Crippen molar-refractivity contribution in [1.82, 2.24) is 4.90 Å². The maximum absolute atomic E-state index is 13.1. The van der Waals surface area contributed by atoms with Crippen LogP contribution in [0.15, 0.2) is 42.5 Å². The summed E-state index contributed by atoms with van der Waals surface area (Å²) in [5.41, 5.74) is 0.335. The second kappa shape index (κ2) is 8.23. The monoisotopic (exact) mass is 441 g/mol. The minimum absolute atomic E-state index is 0.0804. The predicted octanol–water partition coefficient (Wildman–Crippen LogP) is 3.72. The number of carbonyl (C=O) groups is 3. The van der Waals surface area contributed by atoms with Crippen LogP contribution in [0.4, 0.5) is 11.4 Å². The Morgan fingerprint density at radius 3 is 2.45 bits per heavy atom. The summed E-state index contributed by atoms with van der Waals surface area (Å²) in [6.07, 6.45) is 1.98. The first-order valence-electron chi connectivity index (χ1n) is 10.2. The fourth-order valence-electron chi connectivity index (χ4n) is 3.84. The summed E-state index contributed by atoms with van der Waals surface area (Å²) >= 11 is 5.89. The van der Waals surface area contributed by atoms with Crippen LogP contribution < -0.4 is 15.0 Å². The molecule has 0 unspecified atom stereocenters. The van der Waals surface area contributed by atoms with Gasteiger partial charge in [0.25, 0.3) is 11.8 Å². The van der Waals surface area contributed by atoms with Crippen molar-refractivity contribution in [2.75, 3.05) is 29.9 Å². The highest BCUT2D eigenvalue weighted by atomic mass is 35.5. The highest BCUT2D eigenvalue weighted by molar-refractivity contribution is 6.30. The molecule has 2 aliphatic heterocycles. The zero-order valence-corrected chi connectivity index (χ0v) is 18.2. The Bertz CT molecular complexity index is 1030. The molecule has 3 amide bonds. The minimum atomic E-state index is -1.13.